The van der Waals surface area contributed by atoms with Crippen molar-refractivity contribution in [2.75, 3.05) is 13.6 Å². The Hall–Kier alpha value is -0.860. The number of aliphatic hydroxyl groups excluding tert-OH is 1. The Balaban J connectivity index is 1.97. The Kier molecular flexibility index (Phi) is 5.22. The molecule has 2 rings (SSSR count). The van der Waals surface area contributed by atoms with E-state index in [9.17, 15) is 5.11 Å². The molecule has 1 saturated carbocycles. The third-order valence-corrected chi connectivity index (χ3v) is 4.78. The molecule has 1 aliphatic rings. The lowest BCUT2D eigenvalue weighted by molar-refractivity contribution is 0.0828. The van der Waals surface area contributed by atoms with Crippen LogP contribution in [0.1, 0.15) is 55.4 Å². The van der Waals surface area contributed by atoms with Gasteiger partial charge in [-0.25, -0.2) is 0 Å². The van der Waals surface area contributed by atoms with Gasteiger partial charge in [0.2, 0.25) is 0 Å². The van der Waals surface area contributed by atoms with Crippen LogP contribution in [-0.4, -0.2) is 29.6 Å². The first-order valence-corrected chi connectivity index (χ1v) is 7.93. The molecule has 0 aromatic heterocycles. The Labute approximate surface area is 123 Å². The zero-order valence-electron chi connectivity index (χ0n) is 13.4. The summed E-state index contributed by atoms with van der Waals surface area (Å²) < 4.78 is 0. The fourth-order valence-electron chi connectivity index (χ4n) is 3.52. The molecule has 0 bridgehead atoms. The van der Waals surface area contributed by atoms with E-state index in [0.717, 1.165) is 18.0 Å². The highest BCUT2D eigenvalue weighted by Crippen LogP contribution is 2.28. The van der Waals surface area contributed by atoms with E-state index in [0.29, 0.717) is 6.04 Å². The van der Waals surface area contributed by atoms with Gasteiger partial charge in [-0.15, -0.1) is 0 Å². The summed E-state index contributed by atoms with van der Waals surface area (Å²) in [6, 6.07) is 6.96. The zero-order chi connectivity index (χ0) is 14.7. The monoisotopic (exact) mass is 275 g/mol. The molecule has 0 spiro atoms. The highest BCUT2D eigenvalue weighted by atomic mass is 16.3. The molecule has 1 aromatic rings. The molecule has 0 radical (unpaired) electrons. The molecule has 0 amide bonds. The van der Waals surface area contributed by atoms with Gasteiger partial charge in [0.25, 0.3) is 0 Å². The van der Waals surface area contributed by atoms with Gasteiger partial charge in [0.1, 0.15) is 0 Å². The maximum Gasteiger partial charge on any atom is 0.0919 e. The lowest BCUT2D eigenvalue weighted by atomic mass is 9.86. The quantitative estimate of drug-likeness (QED) is 0.902. The van der Waals surface area contributed by atoms with Gasteiger partial charge in [-0.3, -0.25) is 0 Å². The van der Waals surface area contributed by atoms with Crippen LogP contribution in [0.25, 0.3) is 0 Å². The second-order valence-electron chi connectivity index (χ2n) is 6.74. The summed E-state index contributed by atoms with van der Waals surface area (Å²) in [6.45, 7) is 7.27. The minimum atomic E-state index is -0.377. The molecule has 0 heterocycles. The van der Waals surface area contributed by atoms with Crippen LogP contribution in [0.5, 0.6) is 0 Å². The summed E-state index contributed by atoms with van der Waals surface area (Å²) in [5.41, 5.74) is 3.53. The number of aryl methyl sites for hydroxylation is 2. The zero-order valence-corrected chi connectivity index (χ0v) is 13.4. The van der Waals surface area contributed by atoms with Crippen LogP contribution >= 0.6 is 0 Å². The maximum absolute atomic E-state index is 10.5. The normalized spacial score (nSPS) is 24.9. The number of rotatable bonds is 4. The predicted octanol–water partition coefficient (Wildman–Crippen LogP) is 3.85. The SMILES string of the molecule is Cc1ccc(C(O)CN(C)C2CCCC(C)C2)c(C)c1. The van der Waals surface area contributed by atoms with Crippen molar-refractivity contribution >= 4 is 0 Å². The topological polar surface area (TPSA) is 23.5 Å². The molecule has 2 nitrogen and oxygen atoms in total. The molecule has 112 valence electrons. The Bertz CT molecular complexity index is 443. The fraction of sp³-hybridized carbons (Fsp3) is 0.667. The standard InChI is InChI=1S/C18H29NO/c1-13-6-5-7-16(11-13)19(4)12-18(20)17-9-8-14(2)10-15(17)3/h8-10,13,16,18,20H,5-7,11-12H2,1-4H3. The Morgan fingerprint density at radius 3 is 2.70 bits per heavy atom. The second-order valence-corrected chi connectivity index (χ2v) is 6.74. The minimum Gasteiger partial charge on any atom is -0.387 e. The van der Waals surface area contributed by atoms with Crippen LogP contribution in [-0.2, 0) is 0 Å². The van der Waals surface area contributed by atoms with Crippen LogP contribution in [0.4, 0.5) is 0 Å². The minimum absolute atomic E-state index is 0.377. The largest absolute Gasteiger partial charge is 0.387 e. The molecule has 2 heteroatoms. The van der Waals surface area contributed by atoms with Crippen molar-refractivity contribution in [2.24, 2.45) is 5.92 Å². The van der Waals surface area contributed by atoms with Gasteiger partial charge in [0, 0.05) is 12.6 Å². The molecular weight excluding hydrogens is 246 g/mol. The van der Waals surface area contributed by atoms with Crippen molar-refractivity contribution in [2.45, 2.75) is 58.6 Å². The summed E-state index contributed by atoms with van der Waals surface area (Å²) in [7, 11) is 2.16. The molecule has 20 heavy (non-hydrogen) atoms. The van der Waals surface area contributed by atoms with E-state index in [1.54, 1.807) is 0 Å². The number of likely N-dealkylation sites (N-methyl/N-ethyl adjacent to an activating group) is 1. The van der Waals surface area contributed by atoms with Crippen LogP contribution in [0.3, 0.4) is 0 Å². The third-order valence-electron chi connectivity index (χ3n) is 4.78. The number of hydrogen-bond donors (Lipinski definition) is 1. The van der Waals surface area contributed by atoms with Crippen molar-refractivity contribution in [1.29, 1.82) is 0 Å². The van der Waals surface area contributed by atoms with E-state index < -0.39 is 0 Å². The Morgan fingerprint density at radius 2 is 2.05 bits per heavy atom. The molecule has 1 fully saturated rings. The summed E-state index contributed by atoms with van der Waals surface area (Å²) in [5, 5.41) is 10.5. The maximum atomic E-state index is 10.5. The van der Waals surface area contributed by atoms with E-state index in [-0.39, 0.29) is 6.10 Å². The fourth-order valence-corrected chi connectivity index (χ4v) is 3.52. The van der Waals surface area contributed by atoms with Crippen molar-refractivity contribution in [1.82, 2.24) is 4.90 Å². The number of benzene rings is 1. The third kappa shape index (κ3) is 3.83. The van der Waals surface area contributed by atoms with Gasteiger partial charge in [0.05, 0.1) is 6.10 Å². The van der Waals surface area contributed by atoms with E-state index in [2.05, 4.69) is 50.9 Å². The van der Waals surface area contributed by atoms with E-state index in [1.165, 1.54) is 36.8 Å². The average Bonchev–Trinajstić information content (AvgIpc) is 2.38. The molecule has 0 aliphatic heterocycles. The molecule has 3 atom stereocenters. The Morgan fingerprint density at radius 1 is 1.30 bits per heavy atom. The van der Waals surface area contributed by atoms with Gasteiger partial charge >= 0.3 is 0 Å². The molecule has 3 unspecified atom stereocenters. The molecule has 1 aliphatic carbocycles. The number of hydrogen-bond acceptors (Lipinski definition) is 2. The highest BCUT2D eigenvalue weighted by Gasteiger charge is 2.24. The van der Waals surface area contributed by atoms with Crippen LogP contribution in [0.2, 0.25) is 0 Å². The van der Waals surface area contributed by atoms with Crippen molar-refractivity contribution in [3.8, 4) is 0 Å². The van der Waals surface area contributed by atoms with Gasteiger partial charge in [0.15, 0.2) is 0 Å². The number of aliphatic hydroxyl groups is 1. The van der Waals surface area contributed by atoms with Crippen LogP contribution in [0.15, 0.2) is 18.2 Å². The average molecular weight is 275 g/mol. The van der Waals surface area contributed by atoms with Crippen LogP contribution < -0.4 is 0 Å². The van der Waals surface area contributed by atoms with Crippen molar-refractivity contribution in [3.63, 3.8) is 0 Å². The molecule has 1 aromatic carbocycles. The first-order chi connectivity index (χ1) is 9.47. The van der Waals surface area contributed by atoms with Gasteiger partial charge in [-0.05, 0) is 50.8 Å². The van der Waals surface area contributed by atoms with E-state index >= 15 is 0 Å². The second kappa shape index (κ2) is 6.73. The van der Waals surface area contributed by atoms with Gasteiger partial charge in [-0.1, -0.05) is 43.5 Å². The molecule has 0 saturated heterocycles. The lowest BCUT2D eigenvalue weighted by Crippen LogP contribution is -2.38. The van der Waals surface area contributed by atoms with Crippen molar-refractivity contribution < 1.29 is 5.11 Å². The van der Waals surface area contributed by atoms with E-state index in [4.69, 9.17) is 0 Å². The highest BCUT2D eigenvalue weighted by molar-refractivity contribution is 5.32. The predicted molar refractivity (Wildman–Crippen MR) is 84.9 cm³/mol. The summed E-state index contributed by atoms with van der Waals surface area (Å²) >= 11 is 0. The van der Waals surface area contributed by atoms with Gasteiger partial charge in [-0.2, -0.15) is 0 Å². The number of nitrogens with zero attached hydrogens (tertiary/aromatic N) is 1. The summed E-state index contributed by atoms with van der Waals surface area (Å²) in [6.07, 6.45) is 4.87. The van der Waals surface area contributed by atoms with Gasteiger partial charge < -0.3 is 10.0 Å². The smallest absolute Gasteiger partial charge is 0.0919 e. The summed E-state index contributed by atoms with van der Waals surface area (Å²) in [4.78, 5) is 2.36. The first-order valence-electron chi connectivity index (χ1n) is 7.93. The first kappa shape index (κ1) is 15.5. The molecule has 1 N–H and O–H groups in total. The van der Waals surface area contributed by atoms with Crippen LogP contribution in [0, 0.1) is 19.8 Å². The van der Waals surface area contributed by atoms with Crippen molar-refractivity contribution in [3.05, 3.63) is 34.9 Å². The summed E-state index contributed by atoms with van der Waals surface area (Å²) in [5.74, 6) is 0.828. The lowest BCUT2D eigenvalue weighted by Gasteiger charge is -2.35. The molecular formula is C18H29NO. The van der Waals surface area contributed by atoms with E-state index in [1.807, 2.05) is 0 Å².